The summed E-state index contributed by atoms with van der Waals surface area (Å²) in [6, 6.07) is 7.63. The predicted octanol–water partition coefficient (Wildman–Crippen LogP) is 0.627. The lowest BCUT2D eigenvalue weighted by Crippen LogP contribution is -2.47. The van der Waals surface area contributed by atoms with E-state index in [0.29, 0.717) is 12.1 Å². The summed E-state index contributed by atoms with van der Waals surface area (Å²) in [5, 5.41) is 7.11. The number of nitrogens with one attached hydrogen (secondary N) is 3. The molecular formula is C26H39N5O7. The summed E-state index contributed by atoms with van der Waals surface area (Å²) in [6.45, 7) is 7.79. The Morgan fingerprint density at radius 3 is 2.08 bits per heavy atom. The maximum Gasteiger partial charge on any atom is 0.410 e. The van der Waals surface area contributed by atoms with Gasteiger partial charge in [-0.25, -0.2) is 4.79 Å². The number of carbonyl (C=O) groups is 6. The van der Waals surface area contributed by atoms with Crippen molar-refractivity contribution in [2.45, 2.75) is 46.3 Å². The number of amides is 5. The zero-order chi connectivity index (χ0) is 29.0. The first kappa shape index (κ1) is 32.1. The fourth-order valence-electron chi connectivity index (χ4n) is 3.16. The number of hydrogen-bond donors (Lipinski definition) is 3. The lowest BCUT2D eigenvalue weighted by atomic mass is 10.1. The fourth-order valence-corrected chi connectivity index (χ4v) is 3.16. The molecule has 0 bridgehead atoms. The first-order valence-electron chi connectivity index (χ1n) is 12.3. The molecule has 0 unspecified atom stereocenters. The van der Waals surface area contributed by atoms with E-state index >= 15 is 0 Å². The minimum atomic E-state index is -1.06. The smallest absolute Gasteiger partial charge is 0.410 e. The van der Waals surface area contributed by atoms with Crippen molar-refractivity contribution < 1.29 is 33.5 Å². The summed E-state index contributed by atoms with van der Waals surface area (Å²) in [5.74, 6) is -4.26. The summed E-state index contributed by atoms with van der Waals surface area (Å²) < 4.78 is 5.32. The lowest BCUT2D eigenvalue weighted by Gasteiger charge is -2.28. The average Bonchev–Trinajstić information content (AvgIpc) is 2.85. The molecule has 0 radical (unpaired) electrons. The van der Waals surface area contributed by atoms with Crippen molar-refractivity contribution in [3.05, 3.63) is 35.9 Å². The molecule has 0 aliphatic rings. The van der Waals surface area contributed by atoms with Crippen LogP contribution in [-0.2, 0) is 28.7 Å². The van der Waals surface area contributed by atoms with E-state index in [-0.39, 0.29) is 12.5 Å². The van der Waals surface area contributed by atoms with Gasteiger partial charge in [0.05, 0.1) is 19.0 Å². The summed E-state index contributed by atoms with van der Waals surface area (Å²) in [7, 11) is 3.11. The van der Waals surface area contributed by atoms with Gasteiger partial charge in [0.25, 0.3) is 5.91 Å². The van der Waals surface area contributed by atoms with Gasteiger partial charge in [-0.15, -0.1) is 0 Å². The van der Waals surface area contributed by atoms with E-state index < -0.39 is 60.2 Å². The fraction of sp³-hybridized carbons (Fsp3) is 0.538. The van der Waals surface area contributed by atoms with Crippen molar-refractivity contribution in [2.75, 3.05) is 40.3 Å². The quantitative estimate of drug-likeness (QED) is 0.333. The van der Waals surface area contributed by atoms with E-state index in [1.165, 1.54) is 9.80 Å². The molecule has 0 aromatic heterocycles. The molecule has 1 aromatic rings. The Morgan fingerprint density at radius 1 is 0.947 bits per heavy atom. The molecule has 210 valence electrons. The third-order valence-electron chi connectivity index (χ3n) is 5.19. The predicted molar refractivity (Wildman–Crippen MR) is 140 cm³/mol. The van der Waals surface area contributed by atoms with Crippen molar-refractivity contribution >= 4 is 35.5 Å². The van der Waals surface area contributed by atoms with Crippen LogP contribution in [-0.4, -0.2) is 91.2 Å². The molecule has 1 rings (SSSR count). The minimum absolute atomic E-state index is 0.0616. The summed E-state index contributed by atoms with van der Waals surface area (Å²) in [6.07, 6.45) is -0.560. The molecule has 0 spiro atoms. The Kier molecular flexibility index (Phi) is 12.4. The Morgan fingerprint density at radius 2 is 1.55 bits per heavy atom. The zero-order valence-corrected chi connectivity index (χ0v) is 23.1. The van der Waals surface area contributed by atoms with Crippen molar-refractivity contribution in [3.8, 4) is 0 Å². The summed E-state index contributed by atoms with van der Waals surface area (Å²) >= 11 is 0. The zero-order valence-electron chi connectivity index (χ0n) is 23.1. The maximum absolute atomic E-state index is 12.5. The molecule has 1 aromatic carbocycles. The number of benzene rings is 1. The van der Waals surface area contributed by atoms with Gasteiger partial charge in [-0.3, -0.25) is 24.0 Å². The number of rotatable bonds is 12. The number of ether oxygens (including phenoxy) is 1. The highest BCUT2D eigenvalue weighted by Crippen LogP contribution is 2.14. The van der Waals surface area contributed by atoms with Gasteiger partial charge in [0.15, 0.2) is 0 Å². The Hall–Kier alpha value is -3.96. The van der Waals surface area contributed by atoms with Gasteiger partial charge in [0.2, 0.25) is 23.5 Å². The van der Waals surface area contributed by atoms with E-state index in [1.54, 1.807) is 79.0 Å². The van der Waals surface area contributed by atoms with Crippen LogP contribution in [0.15, 0.2) is 30.3 Å². The topological polar surface area (TPSA) is 154 Å². The first-order chi connectivity index (χ1) is 17.7. The summed E-state index contributed by atoms with van der Waals surface area (Å²) in [5.41, 5.74) is -0.121. The van der Waals surface area contributed by atoms with Crippen LogP contribution in [0.3, 0.4) is 0 Å². The van der Waals surface area contributed by atoms with E-state index in [4.69, 9.17) is 4.74 Å². The molecule has 38 heavy (non-hydrogen) atoms. The maximum atomic E-state index is 12.5. The molecule has 0 aliphatic carbocycles. The molecule has 12 heteroatoms. The van der Waals surface area contributed by atoms with Gasteiger partial charge < -0.3 is 30.5 Å². The third kappa shape index (κ3) is 11.0. The van der Waals surface area contributed by atoms with Crippen molar-refractivity contribution in [3.63, 3.8) is 0 Å². The van der Waals surface area contributed by atoms with Crippen molar-refractivity contribution in [1.82, 2.24) is 25.8 Å². The second-order valence-electron chi connectivity index (χ2n) is 9.89. The van der Waals surface area contributed by atoms with Crippen LogP contribution < -0.4 is 16.0 Å². The molecule has 0 saturated heterocycles. The SMILES string of the molecule is CCN(C[C@H](C)C(=O)NCC(=O)C(=O)NCC(=O)N[C@H](C(=O)N(C)C)c1ccccc1)C(=O)OC(C)(C)C. The van der Waals surface area contributed by atoms with E-state index in [1.807, 2.05) is 0 Å². The van der Waals surface area contributed by atoms with E-state index in [2.05, 4.69) is 16.0 Å². The monoisotopic (exact) mass is 533 g/mol. The van der Waals surface area contributed by atoms with Crippen molar-refractivity contribution in [2.24, 2.45) is 5.92 Å². The second kappa shape index (κ2) is 14.7. The van der Waals surface area contributed by atoms with Crippen molar-refractivity contribution in [1.29, 1.82) is 0 Å². The van der Waals surface area contributed by atoms with Crippen LogP contribution in [0.2, 0.25) is 0 Å². The van der Waals surface area contributed by atoms with Gasteiger partial charge in [0, 0.05) is 27.2 Å². The molecule has 12 nitrogen and oxygen atoms in total. The number of hydrogen-bond acceptors (Lipinski definition) is 7. The van der Waals surface area contributed by atoms with Crippen LogP contribution in [0.4, 0.5) is 4.79 Å². The molecular weight excluding hydrogens is 494 g/mol. The van der Waals surface area contributed by atoms with Crippen LogP contribution in [0, 0.1) is 5.92 Å². The number of nitrogens with zero attached hydrogens (tertiary/aromatic N) is 2. The number of likely N-dealkylation sites (N-methyl/N-ethyl adjacent to an activating group) is 1. The largest absolute Gasteiger partial charge is 0.444 e. The first-order valence-corrected chi connectivity index (χ1v) is 12.3. The summed E-state index contributed by atoms with van der Waals surface area (Å²) in [4.78, 5) is 76.6. The van der Waals surface area contributed by atoms with Gasteiger partial charge in [-0.05, 0) is 33.3 Å². The highest BCUT2D eigenvalue weighted by atomic mass is 16.6. The third-order valence-corrected chi connectivity index (χ3v) is 5.19. The van der Waals surface area contributed by atoms with Crippen LogP contribution in [0.25, 0.3) is 0 Å². The second-order valence-corrected chi connectivity index (χ2v) is 9.89. The van der Waals surface area contributed by atoms with E-state index in [9.17, 15) is 28.8 Å². The van der Waals surface area contributed by atoms with E-state index in [0.717, 1.165) is 0 Å². The van der Waals surface area contributed by atoms with Gasteiger partial charge in [0.1, 0.15) is 11.6 Å². The molecule has 0 fully saturated rings. The number of ketones is 1. The highest BCUT2D eigenvalue weighted by molar-refractivity contribution is 6.37. The standard InChI is InChI=1S/C26H39N5O7/c1-8-31(25(37)38-26(3,4)5)16-17(2)22(34)27-14-19(32)23(35)28-15-20(33)29-21(24(36)30(6)7)18-12-10-9-11-13-18/h9-13,17,21H,8,14-16H2,1-7H3,(H,27,34)(H,28,35)(H,29,33)/t17-,21-/m0/s1. The van der Waals surface area contributed by atoms with Crippen LogP contribution in [0.1, 0.15) is 46.2 Å². The average molecular weight is 534 g/mol. The Bertz CT molecular complexity index is 1000. The Labute approximate surface area is 223 Å². The molecule has 5 amide bonds. The van der Waals surface area contributed by atoms with Crippen LogP contribution in [0.5, 0.6) is 0 Å². The lowest BCUT2D eigenvalue weighted by molar-refractivity contribution is -0.139. The number of carbonyl (C=O) groups excluding carboxylic acids is 6. The van der Waals surface area contributed by atoms with Gasteiger partial charge in [-0.2, -0.15) is 0 Å². The van der Waals surface area contributed by atoms with Gasteiger partial charge in [-0.1, -0.05) is 37.3 Å². The highest BCUT2D eigenvalue weighted by Gasteiger charge is 2.27. The molecule has 0 heterocycles. The van der Waals surface area contributed by atoms with Gasteiger partial charge >= 0.3 is 6.09 Å². The van der Waals surface area contributed by atoms with Crippen LogP contribution >= 0.6 is 0 Å². The molecule has 0 aliphatic heterocycles. The minimum Gasteiger partial charge on any atom is -0.444 e. The molecule has 0 saturated carbocycles. The Balaban J connectivity index is 2.57. The molecule has 3 N–H and O–H groups in total. The number of Topliss-reactive ketones (excluding diaryl/α,β-unsaturated/α-hetero) is 1. The normalized spacial score (nSPS) is 12.4. The molecule has 2 atom stereocenters.